The monoisotopic (exact) mass is 402 g/mol. The number of ether oxygens (including phenoxy) is 2. The summed E-state index contributed by atoms with van der Waals surface area (Å²) >= 11 is 6.01. The van der Waals surface area contributed by atoms with E-state index in [4.69, 9.17) is 25.9 Å². The molecule has 2 heterocycles. The van der Waals surface area contributed by atoms with Crippen molar-refractivity contribution in [2.45, 2.75) is 13.0 Å². The van der Waals surface area contributed by atoms with Gasteiger partial charge in [0, 0.05) is 18.1 Å². The quantitative estimate of drug-likeness (QED) is 0.650. The van der Waals surface area contributed by atoms with Gasteiger partial charge in [-0.2, -0.15) is 0 Å². The van der Waals surface area contributed by atoms with E-state index < -0.39 is 0 Å². The molecule has 0 aliphatic carbocycles. The lowest BCUT2D eigenvalue weighted by molar-refractivity contribution is -0.137. The van der Waals surface area contributed by atoms with Crippen LogP contribution in [0.5, 0.6) is 11.5 Å². The highest BCUT2D eigenvalue weighted by Crippen LogP contribution is 2.33. The zero-order chi connectivity index (χ0) is 19.7. The van der Waals surface area contributed by atoms with Gasteiger partial charge in [0.25, 0.3) is 5.91 Å². The summed E-state index contributed by atoms with van der Waals surface area (Å²) in [6.07, 6.45) is 0.739. The van der Waals surface area contributed by atoms with Gasteiger partial charge in [-0.15, -0.1) is 5.10 Å². The standard InChI is InChI=1S/C19H19ClN4O4/c1-26-17-7-12-5-6-23(10-13(12)8-18(17)27-2)19(25)11-28-24-16-9-14(20)3-4-15(16)21-22-24/h3-4,7-9H,5-6,10-11H2,1-2H3. The van der Waals surface area contributed by atoms with Crippen molar-refractivity contribution >= 4 is 28.5 Å². The topological polar surface area (TPSA) is 78.7 Å². The number of rotatable bonds is 5. The minimum absolute atomic E-state index is 0.133. The Balaban J connectivity index is 1.45. The molecular formula is C19H19ClN4O4. The van der Waals surface area contributed by atoms with Crippen molar-refractivity contribution in [2.24, 2.45) is 0 Å². The molecule has 1 aliphatic heterocycles. The molecule has 0 saturated heterocycles. The lowest BCUT2D eigenvalue weighted by atomic mass is 9.99. The number of carbonyl (C=O) groups is 1. The summed E-state index contributed by atoms with van der Waals surface area (Å²) in [5.74, 6) is 1.21. The Bertz CT molecular complexity index is 1040. The third-order valence-corrected chi connectivity index (χ3v) is 4.99. The van der Waals surface area contributed by atoms with E-state index in [0.717, 1.165) is 17.5 Å². The molecule has 3 aromatic rings. The second-order valence-electron chi connectivity index (χ2n) is 6.41. The maximum absolute atomic E-state index is 12.6. The smallest absolute Gasteiger partial charge is 0.263 e. The minimum Gasteiger partial charge on any atom is -0.493 e. The van der Waals surface area contributed by atoms with E-state index >= 15 is 0 Å². The highest BCUT2D eigenvalue weighted by atomic mass is 35.5. The maximum Gasteiger partial charge on any atom is 0.263 e. The molecule has 1 amide bonds. The molecule has 0 N–H and O–H groups in total. The Morgan fingerprint density at radius 2 is 1.89 bits per heavy atom. The van der Waals surface area contributed by atoms with Gasteiger partial charge in [-0.1, -0.05) is 16.4 Å². The number of halogens is 1. The average Bonchev–Trinajstić information content (AvgIpc) is 3.12. The molecule has 146 valence electrons. The molecule has 0 fully saturated rings. The number of carbonyl (C=O) groups excluding carboxylic acids is 1. The van der Waals surface area contributed by atoms with Crippen LogP contribution in [0.4, 0.5) is 0 Å². The summed E-state index contributed by atoms with van der Waals surface area (Å²) in [6, 6.07) is 9.05. The molecule has 0 unspecified atom stereocenters. The van der Waals surface area contributed by atoms with E-state index in [9.17, 15) is 4.79 Å². The summed E-state index contributed by atoms with van der Waals surface area (Å²) in [5, 5.41) is 8.45. The fraction of sp³-hybridized carbons (Fsp3) is 0.316. The fourth-order valence-electron chi connectivity index (χ4n) is 3.27. The number of hydrogen-bond donors (Lipinski definition) is 0. The molecule has 0 saturated carbocycles. The van der Waals surface area contributed by atoms with Crippen LogP contribution in [-0.4, -0.2) is 53.3 Å². The summed E-state index contributed by atoms with van der Waals surface area (Å²) in [6.45, 7) is 0.948. The van der Waals surface area contributed by atoms with Gasteiger partial charge >= 0.3 is 0 Å². The molecule has 28 heavy (non-hydrogen) atoms. The van der Waals surface area contributed by atoms with Crippen LogP contribution in [0.1, 0.15) is 11.1 Å². The highest BCUT2D eigenvalue weighted by Gasteiger charge is 2.23. The van der Waals surface area contributed by atoms with E-state index in [-0.39, 0.29) is 12.5 Å². The van der Waals surface area contributed by atoms with Gasteiger partial charge < -0.3 is 19.2 Å². The predicted molar refractivity (Wildman–Crippen MR) is 103 cm³/mol. The van der Waals surface area contributed by atoms with Crippen molar-refractivity contribution < 1.29 is 19.1 Å². The second kappa shape index (κ2) is 7.55. The van der Waals surface area contributed by atoms with Crippen LogP contribution in [0.15, 0.2) is 30.3 Å². The number of aromatic nitrogens is 3. The van der Waals surface area contributed by atoms with Gasteiger partial charge in [-0.05, 0) is 53.1 Å². The van der Waals surface area contributed by atoms with E-state index in [1.807, 2.05) is 12.1 Å². The van der Waals surface area contributed by atoms with Crippen LogP contribution in [-0.2, 0) is 17.8 Å². The average molecular weight is 403 g/mol. The molecule has 0 bridgehead atoms. The van der Waals surface area contributed by atoms with Crippen molar-refractivity contribution in [1.82, 2.24) is 20.1 Å². The molecule has 2 aromatic carbocycles. The zero-order valence-corrected chi connectivity index (χ0v) is 16.3. The van der Waals surface area contributed by atoms with Gasteiger partial charge in [-0.25, -0.2) is 0 Å². The summed E-state index contributed by atoms with van der Waals surface area (Å²) in [4.78, 5) is 21.2. The number of methoxy groups -OCH3 is 2. The Morgan fingerprint density at radius 1 is 1.14 bits per heavy atom. The summed E-state index contributed by atoms with van der Waals surface area (Å²) in [7, 11) is 3.21. The molecule has 1 aromatic heterocycles. The normalized spacial score (nSPS) is 13.3. The first-order chi connectivity index (χ1) is 13.6. The van der Waals surface area contributed by atoms with Crippen molar-refractivity contribution in [3.05, 3.63) is 46.5 Å². The molecule has 0 atom stereocenters. The van der Waals surface area contributed by atoms with E-state index in [1.165, 1.54) is 4.85 Å². The van der Waals surface area contributed by atoms with Gasteiger partial charge in [0.2, 0.25) is 0 Å². The third kappa shape index (κ3) is 3.43. The third-order valence-electron chi connectivity index (χ3n) is 4.76. The Kier molecular flexibility index (Phi) is 4.95. The summed E-state index contributed by atoms with van der Waals surface area (Å²) < 4.78 is 10.7. The molecule has 8 nitrogen and oxygen atoms in total. The first kappa shape index (κ1) is 18.4. The molecule has 4 rings (SSSR count). The lowest BCUT2D eigenvalue weighted by Gasteiger charge is -2.29. The summed E-state index contributed by atoms with van der Waals surface area (Å²) in [5.41, 5.74) is 3.45. The lowest BCUT2D eigenvalue weighted by Crippen LogP contribution is -2.40. The minimum atomic E-state index is -0.145. The molecule has 1 aliphatic rings. The number of fused-ring (bicyclic) bond motifs is 2. The number of nitrogens with zero attached hydrogens (tertiary/aromatic N) is 4. The van der Waals surface area contributed by atoms with Crippen LogP contribution in [0.2, 0.25) is 5.02 Å². The van der Waals surface area contributed by atoms with Crippen LogP contribution < -0.4 is 14.3 Å². The van der Waals surface area contributed by atoms with Crippen LogP contribution in [0, 0.1) is 0 Å². The zero-order valence-electron chi connectivity index (χ0n) is 15.5. The predicted octanol–water partition coefficient (Wildman–Crippen LogP) is 2.12. The highest BCUT2D eigenvalue weighted by molar-refractivity contribution is 6.31. The first-order valence-corrected chi connectivity index (χ1v) is 9.12. The van der Waals surface area contributed by atoms with Gasteiger partial charge in [-0.3, -0.25) is 4.79 Å². The van der Waals surface area contributed by atoms with Crippen LogP contribution in [0.25, 0.3) is 11.0 Å². The number of benzene rings is 2. The SMILES string of the molecule is COc1cc2c(cc1OC)CN(C(=O)COn1nnc3ccc(Cl)cc31)CC2. The van der Waals surface area contributed by atoms with E-state index in [0.29, 0.717) is 40.6 Å². The van der Waals surface area contributed by atoms with Crippen molar-refractivity contribution in [3.8, 4) is 11.5 Å². The second-order valence-corrected chi connectivity index (χ2v) is 6.85. The molecule has 9 heteroatoms. The Labute approximate surface area is 166 Å². The maximum atomic E-state index is 12.6. The van der Waals surface area contributed by atoms with Gasteiger partial charge in [0.15, 0.2) is 18.1 Å². The van der Waals surface area contributed by atoms with Crippen molar-refractivity contribution in [3.63, 3.8) is 0 Å². The molecular weight excluding hydrogens is 384 g/mol. The van der Waals surface area contributed by atoms with E-state index in [1.54, 1.807) is 37.3 Å². The first-order valence-electron chi connectivity index (χ1n) is 8.75. The molecule has 0 spiro atoms. The number of hydrogen-bond acceptors (Lipinski definition) is 6. The van der Waals surface area contributed by atoms with Gasteiger partial charge in [0.1, 0.15) is 11.0 Å². The molecule has 0 radical (unpaired) electrons. The van der Waals surface area contributed by atoms with Gasteiger partial charge in [0.05, 0.1) is 14.2 Å². The number of amides is 1. The van der Waals surface area contributed by atoms with Crippen LogP contribution >= 0.6 is 11.6 Å². The van der Waals surface area contributed by atoms with Crippen molar-refractivity contribution in [1.29, 1.82) is 0 Å². The Morgan fingerprint density at radius 3 is 2.64 bits per heavy atom. The van der Waals surface area contributed by atoms with Crippen molar-refractivity contribution in [2.75, 3.05) is 27.4 Å². The Hall–Kier alpha value is -3.00. The van der Waals surface area contributed by atoms with Crippen LogP contribution in [0.3, 0.4) is 0 Å². The fourth-order valence-corrected chi connectivity index (χ4v) is 3.44. The van der Waals surface area contributed by atoms with E-state index in [2.05, 4.69) is 10.3 Å². The largest absolute Gasteiger partial charge is 0.493 e.